The lowest BCUT2D eigenvalue weighted by Gasteiger charge is -2.27. The average molecular weight is 483 g/mol. The number of hydrogen-bond acceptors (Lipinski definition) is 6. The molecule has 0 spiro atoms. The van der Waals surface area contributed by atoms with Gasteiger partial charge in [-0.1, -0.05) is 30.3 Å². The molecule has 11 heteroatoms. The van der Waals surface area contributed by atoms with Gasteiger partial charge in [0.25, 0.3) is 5.91 Å². The van der Waals surface area contributed by atoms with Crippen LogP contribution in [0.1, 0.15) is 15.9 Å². The molecule has 0 N–H and O–H groups in total. The van der Waals surface area contributed by atoms with Gasteiger partial charge in [-0.15, -0.1) is 0 Å². The first kappa shape index (κ1) is 24.5. The molecule has 0 radical (unpaired) electrons. The first-order valence-corrected chi connectivity index (χ1v) is 11.4. The number of carbonyl (C=O) groups is 2. The zero-order valence-electron chi connectivity index (χ0n) is 17.2. The monoisotopic (exact) mass is 483 g/mol. The van der Waals surface area contributed by atoms with Gasteiger partial charge in [-0.05, 0) is 35.9 Å². The number of hydrogen-bond donors (Lipinski definition) is 0. The molecule has 0 saturated heterocycles. The van der Waals surface area contributed by atoms with Crippen LogP contribution in [0.5, 0.6) is 0 Å². The van der Waals surface area contributed by atoms with E-state index in [9.17, 15) is 31.2 Å². The van der Waals surface area contributed by atoms with Crippen molar-refractivity contribution in [2.45, 2.75) is 18.8 Å². The van der Waals surface area contributed by atoms with E-state index in [1.165, 1.54) is 35.2 Å². The molecule has 0 bridgehead atoms. The molecule has 0 fully saturated rings. The van der Waals surface area contributed by atoms with Gasteiger partial charge >= 0.3 is 12.1 Å². The molecule has 1 aliphatic heterocycles. The summed E-state index contributed by atoms with van der Waals surface area (Å²) >= 11 is 0. The Balaban J connectivity index is 1.61. The predicted octanol–water partition coefficient (Wildman–Crippen LogP) is 3.27. The van der Waals surface area contributed by atoms with Gasteiger partial charge < -0.3 is 14.4 Å². The fourth-order valence-corrected chi connectivity index (χ4v) is 4.40. The molecule has 2 aromatic carbocycles. The Morgan fingerprint density at radius 1 is 1.03 bits per heavy atom. The Hall–Kier alpha value is -3.18. The van der Waals surface area contributed by atoms with Gasteiger partial charge in [0.1, 0.15) is 6.61 Å². The van der Waals surface area contributed by atoms with Crippen LogP contribution in [0.15, 0.2) is 66.1 Å². The standard InChI is InChI=1S/C22H20F3NO6S/c23-22(24,25)15-31-12-16-6-8-17(9-7-16)21(28)32-13-20(27)26(18-4-2-1-3-5-18)19-10-11-33(29,30)14-19/h1-11,19H,12-15H2. The largest absolute Gasteiger partial charge is 0.452 e. The number of para-hydroxylation sites is 1. The molecule has 2 aromatic rings. The Kier molecular flexibility index (Phi) is 7.54. The number of nitrogens with zero attached hydrogens (tertiary/aromatic N) is 1. The summed E-state index contributed by atoms with van der Waals surface area (Å²) in [6.45, 7) is -2.29. The van der Waals surface area contributed by atoms with Crippen LogP contribution in [-0.2, 0) is 30.7 Å². The molecular formula is C22H20F3NO6S. The Morgan fingerprint density at radius 2 is 1.70 bits per heavy atom. The minimum absolute atomic E-state index is 0.0944. The fourth-order valence-electron chi connectivity index (χ4n) is 3.13. The number of benzene rings is 2. The summed E-state index contributed by atoms with van der Waals surface area (Å²) in [5, 5.41) is 1.05. The molecule has 0 aromatic heterocycles. The highest BCUT2D eigenvalue weighted by Crippen LogP contribution is 2.23. The van der Waals surface area contributed by atoms with E-state index < -0.39 is 47.1 Å². The molecule has 0 saturated carbocycles. The zero-order chi connectivity index (χ0) is 24.1. The number of esters is 1. The van der Waals surface area contributed by atoms with Crippen molar-refractivity contribution >= 4 is 27.4 Å². The highest BCUT2D eigenvalue weighted by Gasteiger charge is 2.32. The van der Waals surface area contributed by atoms with Crippen LogP contribution in [0.3, 0.4) is 0 Å². The third-order valence-corrected chi connectivity index (χ3v) is 5.97. The number of amides is 1. The van der Waals surface area contributed by atoms with Crippen LogP contribution in [0.25, 0.3) is 0 Å². The van der Waals surface area contributed by atoms with Gasteiger partial charge in [-0.25, -0.2) is 13.2 Å². The summed E-state index contributed by atoms with van der Waals surface area (Å²) in [6, 6.07) is 13.2. The van der Waals surface area contributed by atoms with Crippen molar-refractivity contribution in [1.29, 1.82) is 0 Å². The van der Waals surface area contributed by atoms with Gasteiger partial charge in [0.2, 0.25) is 0 Å². The van der Waals surface area contributed by atoms with Gasteiger partial charge in [0, 0.05) is 11.1 Å². The smallest absolute Gasteiger partial charge is 0.411 e. The Morgan fingerprint density at radius 3 is 2.27 bits per heavy atom. The number of carbonyl (C=O) groups excluding carboxylic acids is 2. The molecule has 0 aliphatic carbocycles. The van der Waals surface area contributed by atoms with Gasteiger partial charge in [-0.2, -0.15) is 13.2 Å². The first-order valence-electron chi connectivity index (χ1n) is 9.73. The Bertz CT molecular complexity index is 1120. The van der Waals surface area contributed by atoms with E-state index in [-0.39, 0.29) is 17.9 Å². The van der Waals surface area contributed by atoms with Crippen molar-refractivity contribution in [2.75, 3.05) is 23.9 Å². The molecule has 1 aliphatic rings. The highest BCUT2D eigenvalue weighted by molar-refractivity contribution is 7.94. The van der Waals surface area contributed by atoms with Crippen LogP contribution in [0, 0.1) is 0 Å². The molecular weight excluding hydrogens is 463 g/mol. The topological polar surface area (TPSA) is 90.0 Å². The second-order valence-electron chi connectivity index (χ2n) is 7.21. The second kappa shape index (κ2) is 10.2. The molecule has 1 unspecified atom stereocenters. The number of ether oxygens (including phenoxy) is 2. The number of halogens is 3. The van der Waals surface area contributed by atoms with E-state index in [1.807, 2.05) is 0 Å². The summed E-state index contributed by atoms with van der Waals surface area (Å²) in [7, 11) is -3.43. The lowest BCUT2D eigenvalue weighted by Crippen LogP contribution is -2.43. The second-order valence-corrected chi connectivity index (χ2v) is 9.14. The van der Waals surface area contributed by atoms with Gasteiger partial charge in [0.15, 0.2) is 16.4 Å². The maximum Gasteiger partial charge on any atom is 0.411 e. The number of rotatable bonds is 8. The van der Waals surface area contributed by atoms with Crippen molar-refractivity contribution in [3.63, 3.8) is 0 Å². The van der Waals surface area contributed by atoms with Crippen LogP contribution in [0.2, 0.25) is 0 Å². The molecule has 3 rings (SSSR count). The molecule has 7 nitrogen and oxygen atoms in total. The summed E-state index contributed by atoms with van der Waals surface area (Å²) in [5.74, 6) is -1.70. The maximum atomic E-state index is 12.8. The van der Waals surface area contributed by atoms with E-state index in [4.69, 9.17) is 4.74 Å². The van der Waals surface area contributed by atoms with Gasteiger partial charge in [-0.3, -0.25) is 4.79 Å². The zero-order valence-corrected chi connectivity index (χ0v) is 18.0. The lowest BCUT2D eigenvalue weighted by molar-refractivity contribution is -0.176. The Labute approximate surface area is 188 Å². The fraction of sp³-hybridized carbons (Fsp3) is 0.273. The van der Waals surface area contributed by atoms with Crippen molar-refractivity contribution in [3.8, 4) is 0 Å². The summed E-state index contributed by atoms with van der Waals surface area (Å²) in [6.07, 6.45) is -3.02. The summed E-state index contributed by atoms with van der Waals surface area (Å²) in [4.78, 5) is 26.4. The van der Waals surface area contributed by atoms with E-state index in [2.05, 4.69) is 4.74 Å². The quantitative estimate of drug-likeness (QED) is 0.536. The molecule has 176 valence electrons. The third kappa shape index (κ3) is 7.16. The van der Waals surface area contributed by atoms with Crippen molar-refractivity contribution in [2.24, 2.45) is 0 Å². The van der Waals surface area contributed by atoms with E-state index in [0.29, 0.717) is 11.3 Å². The first-order chi connectivity index (χ1) is 15.5. The van der Waals surface area contributed by atoms with E-state index in [1.54, 1.807) is 30.3 Å². The summed E-state index contributed by atoms with van der Waals surface area (Å²) < 4.78 is 69.7. The summed E-state index contributed by atoms with van der Waals surface area (Å²) in [5.41, 5.74) is 0.974. The number of alkyl halides is 3. The molecule has 1 atom stereocenters. The average Bonchev–Trinajstić information content (AvgIpc) is 3.11. The highest BCUT2D eigenvalue weighted by atomic mass is 32.2. The normalized spacial score (nSPS) is 17.0. The van der Waals surface area contributed by atoms with Crippen LogP contribution < -0.4 is 4.90 Å². The van der Waals surface area contributed by atoms with E-state index >= 15 is 0 Å². The lowest BCUT2D eigenvalue weighted by atomic mass is 10.1. The SMILES string of the molecule is O=C(OCC(=O)N(c1ccccc1)C1C=CS(=O)(=O)C1)c1ccc(COCC(F)(F)F)cc1. The maximum absolute atomic E-state index is 12.8. The van der Waals surface area contributed by atoms with E-state index in [0.717, 1.165) is 5.41 Å². The van der Waals surface area contributed by atoms with Gasteiger partial charge in [0.05, 0.1) is 24.0 Å². The van der Waals surface area contributed by atoms with Crippen molar-refractivity contribution in [1.82, 2.24) is 0 Å². The third-order valence-electron chi connectivity index (χ3n) is 4.60. The predicted molar refractivity (Wildman–Crippen MR) is 113 cm³/mol. The van der Waals surface area contributed by atoms with Crippen LogP contribution in [-0.4, -0.2) is 51.5 Å². The van der Waals surface area contributed by atoms with Crippen molar-refractivity contribution < 1.29 is 40.7 Å². The van der Waals surface area contributed by atoms with Crippen LogP contribution in [0.4, 0.5) is 18.9 Å². The van der Waals surface area contributed by atoms with Crippen LogP contribution >= 0.6 is 0 Å². The molecule has 33 heavy (non-hydrogen) atoms. The number of anilines is 1. The minimum Gasteiger partial charge on any atom is -0.452 e. The van der Waals surface area contributed by atoms with Crippen molar-refractivity contribution in [3.05, 3.63) is 77.2 Å². The number of sulfone groups is 1. The molecule has 1 amide bonds. The minimum atomic E-state index is -4.43. The molecule has 1 heterocycles.